The van der Waals surface area contributed by atoms with E-state index in [-0.39, 0.29) is 28.9 Å². The molecule has 3 unspecified atom stereocenters. The summed E-state index contributed by atoms with van der Waals surface area (Å²) in [6.07, 6.45) is 17.9. The van der Waals surface area contributed by atoms with Crippen molar-refractivity contribution in [2.24, 2.45) is 62.4 Å². The number of nitrogens with two attached hydrogens (primary N) is 1. The van der Waals surface area contributed by atoms with Crippen molar-refractivity contribution in [1.29, 1.82) is 0 Å². The van der Waals surface area contributed by atoms with Crippen molar-refractivity contribution in [3.63, 3.8) is 0 Å². The number of carbonyl (C=O) groups is 2. The molecule has 0 bridgehead atoms. The number of fused-ring (bicyclic) bond motifs is 7. The molecule has 2 N–H and O–H groups in total. The average Bonchev–Trinajstić information content (AvgIpc) is 3.46. The van der Waals surface area contributed by atoms with Gasteiger partial charge in [-0.05, 0) is 165 Å². The molecule has 0 spiro atoms. The van der Waals surface area contributed by atoms with Gasteiger partial charge in [0.15, 0.2) is 0 Å². The van der Waals surface area contributed by atoms with Gasteiger partial charge in [-0.2, -0.15) is 0 Å². The third kappa shape index (κ3) is 5.47. The Kier molecular flexibility index (Phi) is 9.16. The highest BCUT2D eigenvalue weighted by molar-refractivity contribution is 5.89. The van der Waals surface area contributed by atoms with Crippen molar-refractivity contribution in [2.45, 2.75) is 131 Å². The number of carbonyl (C=O) groups excluding carboxylic acids is 2. The molecule has 4 saturated carbocycles. The first-order valence-electron chi connectivity index (χ1n) is 20.3. The number of allylic oxidation sites excluding steroid dienone is 5. The van der Waals surface area contributed by atoms with E-state index in [1.165, 1.54) is 68.1 Å². The maximum absolute atomic E-state index is 13.5. The summed E-state index contributed by atoms with van der Waals surface area (Å²) in [4.78, 5) is 26.3. The second kappa shape index (κ2) is 12.7. The van der Waals surface area contributed by atoms with E-state index in [0.29, 0.717) is 65.4 Å². The van der Waals surface area contributed by atoms with Crippen LogP contribution < -0.4 is 5.73 Å². The van der Waals surface area contributed by atoms with Crippen molar-refractivity contribution < 1.29 is 19.1 Å². The zero-order valence-electron chi connectivity index (χ0n) is 32.7. The van der Waals surface area contributed by atoms with Gasteiger partial charge in [0.2, 0.25) is 0 Å². The van der Waals surface area contributed by atoms with Crippen molar-refractivity contribution in [1.82, 2.24) is 0 Å². The molecule has 4 fully saturated rings. The summed E-state index contributed by atoms with van der Waals surface area (Å²) in [5.74, 6) is 2.46. The maximum atomic E-state index is 13.5. The van der Waals surface area contributed by atoms with Crippen LogP contribution in [0, 0.1) is 56.7 Å². The number of benzene rings is 1. The molecule has 1 aromatic rings. The predicted molar refractivity (Wildman–Crippen MR) is 205 cm³/mol. The third-order valence-corrected chi connectivity index (χ3v) is 16.9. The highest BCUT2D eigenvalue weighted by atomic mass is 16.6. The molecule has 51 heavy (non-hydrogen) atoms. The molecule has 1 aromatic carbocycles. The monoisotopic (exact) mass is 695 g/mol. The maximum Gasteiger partial charge on any atom is 0.338 e. The molecular formula is C46H65NO4. The fourth-order valence-corrected chi connectivity index (χ4v) is 14.0. The Morgan fingerprint density at radius 1 is 0.843 bits per heavy atom. The summed E-state index contributed by atoms with van der Waals surface area (Å²) in [6.45, 7) is 22.0. The van der Waals surface area contributed by atoms with Crippen LogP contribution in [-0.4, -0.2) is 30.7 Å². The zero-order chi connectivity index (χ0) is 36.6. The molecule has 0 amide bonds. The van der Waals surface area contributed by atoms with E-state index in [0.717, 1.165) is 12.8 Å². The van der Waals surface area contributed by atoms with E-state index < -0.39 is 11.4 Å². The minimum absolute atomic E-state index is 0.00923. The molecule has 0 saturated heterocycles. The largest absolute Gasteiger partial charge is 0.465 e. The fraction of sp³-hybridized carbons (Fsp3) is 0.696. The van der Waals surface area contributed by atoms with Crippen molar-refractivity contribution in [2.75, 3.05) is 13.2 Å². The first-order valence-corrected chi connectivity index (χ1v) is 20.3. The van der Waals surface area contributed by atoms with E-state index in [1.54, 1.807) is 12.1 Å². The second-order valence-corrected chi connectivity index (χ2v) is 19.3. The van der Waals surface area contributed by atoms with Crippen molar-refractivity contribution >= 4 is 11.9 Å². The van der Waals surface area contributed by atoms with Crippen LogP contribution >= 0.6 is 0 Å². The molecule has 10 atom stereocenters. The second-order valence-electron chi connectivity index (χ2n) is 19.3. The minimum atomic E-state index is -0.859. The van der Waals surface area contributed by atoms with Gasteiger partial charge in [0.25, 0.3) is 0 Å². The lowest BCUT2D eigenvalue weighted by Crippen LogP contribution is -2.67. The normalized spacial score (nSPS) is 42.5. The van der Waals surface area contributed by atoms with Gasteiger partial charge >= 0.3 is 11.9 Å². The first-order chi connectivity index (χ1) is 24.1. The molecule has 0 aromatic heterocycles. The summed E-state index contributed by atoms with van der Waals surface area (Å²) >= 11 is 0. The summed E-state index contributed by atoms with van der Waals surface area (Å²) < 4.78 is 11.4. The molecule has 6 aliphatic carbocycles. The molecule has 5 nitrogen and oxygen atoms in total. The zero-order valence-corrected chi connectivity index (χ0v) is 32.7. The van der Waals surface area contributed by atoms with E-state index >= 15 is 0 Å². The van der Waals surface area contributed by atoms with Gasteiger partial charge in [-0.15, -0.1) is 0 Å². The van der Waals surface area contributed by atoms with Crippen molar-refractivity contribution in [3.8, 4) is 0 Å². The van der Waals surface area contributed by atoms with E-state index in [9.17, 15) is 9.59 Å². The van der Waals surface area contributed by atoms with E-state index in [1.807, 2.05) is 25.1 Å². The van der Waals surface area contributed by atoms with Crippen LogP contribution in [0.3, 0.4) is 0 Å². The van der Waals surface area contributed by atoms with E-state index in [4.69, 9.17) is 15.2 Å². The Balaban J connectivity index is 1.14. The molecule has 0 heterocycles. The van der Waals surface area contributed by atoms with Gasteiger partial charge in [0.05, 0.1) is 12.2 Å². The summed E-state index contributed by atoms with van der Waals surface area (Å²) in [6, 6.07) is 9.02. The average molecular weight is 696 g/mol. The van der Waals surface area contributed by atoms with Crippen LogP contribution in [0.1, 0.15) is 136 Å². The summed E-state index contributed by atoms with van der Waals surface area (Å²) in [7, 11) is 0. The molecule has 6 aliphatic rings. The fourth-order valence-electron chi connectivity index (χ4n) is 14.0. The summed E-state index contributed by atoms with van der Waals surface area (Å²) in [5.41, 5.74) is 12.0. The van der Waals surface area contributed by atoms with Crippen LogP contribution in [-0.2, 0) is 14.3 Å². The van der Waals surface area contributed by atoms with Gasteiger partial charge in [-0.1, -0.05) is 77.1 Å². The van der Waals surface area contributed by atoms with Gasteiger partial charge in [-0.3, -0.25) is 4.79 Å². The predicted octanol–water partition coefficient (Wildman–Crippen LogP) is 10.4. The van der Waals surface area contributed by atoms with Gasteiger partial charge in [0.1, 0.15) is 12.0 Å². The molecular weight excluding hydrogens is 631 g/mol. The topological polar surface area (TPSA) is 78.6 Å². The highest BCUT2D eigenvalue weighted by Crippen LogP contribution is 2.76. The minimum Gasteiger partial charge on any atom is -0.465 e. The quantitative estimate of drug-likeness (QED) is 0.227. The molecule has 278 valence electrons. The Morgan fingerprint density at radius 3 is 2.25 bits per heavy atom. The molecule has 5 heteroatoms. The molecule has 7 rings (SSSR count). The number of rotatable bonds is 7. The van der Waals surface area contributed by atoms with Crippen molar-refractivity contribution in [3.05, 3.63) is 71.3 Å². The van der Waals surface area contributed by atoms with Gasteiger partial charge in [0, 0.05) is 5.54 Å². The highest BCUT2D eigenvalue weighted by Gasteiger charge is 2.70. The SMILES string of the molecule is C=C(C)[C@@H]1CC[C@]2(N)CC[C@]3(C)[C@H](CCC4[C@@]5(C)CC=C(C6=CC[C@](COC(=O)c7ccccc7)(C(=O)OCC)CC6)C(C)(C)C5CC[C@]43C)C12. The van der Waals surface area contributed by atoms with E-state index in [2.05, 4.69) is 60.3 Å². The molecule has 0 radical (unpaired) electrons. The summed E-state index contributed by atoms with van der Waals surface area (Å²) in [5, 5.41) is 0. The lowest BCUT2D eigenvalue weighted by Gasteiger charge is -2.72. The smallest absolute Gasteiger partial charge is 0.338 e. The lowest BCUT2D eigenvalue weighted by atomic mass is 9.33. The van der Waals surface area contributed by atoms with Crippen LogP contribution in [0.5, 0.6) is 0 Å². The third-order valence-electron chi connectivity index (χ3n) is 16.9. The van der Waals surface area contributed by atoms with Crippen LogP contribution in [0.15, 0.2) is 65.8 Å². The lowest BCUT2D eigenvalue weighted by molar-refractivity contribution is -0.219. The van der Waals surface area contributed by atoms with Crippen LogP contribution in [0.2, 0.25) is 0 Å². The number of hydrogen-bond donors (Lipinski definition) is 1. The van der Waals surface area contributed by atoms with Gasteiger partial charge in [-0.25, -0.2) is 4.79 Å². The number of esters is 2. The Bertz CT molecular complexity index is 1620. The van der Waals surface area contributed by atoms with Crippen LogP contribution in [0.25, 0.3) is 0 Å². The Morgan fingerprint density at radius 2 is 1.59 bits per heavy atom. The number of ether oxygens (including phenoxy) is 2. The molecule has 0 aliphatic heterocycles. The number of hydrogen-bond acceptors (Lipinski definition) is 5. The van der Waals surface area contributed by atoms with Gasteiger partial charge < -0.3 is 15.2 Å². The first kappa shape index (κ1) is 36.7. The Hall–Kier alpha value is -2.66. The Labute approximate surface area is 308 Å². The van der Waals surface area contributed by atoms with Crippen LogP contribution in [0.4, 0.5) is 0 Å². The standard InChI is InChI=1S/C46H65NO4/c1-9-50-40(49)45(29-51-39(48)32-13-11-10-12-14-32)24-17-31(18-25-45)34-20-22-42(6)36(41(34,4)5)21-23-44(8)37(42)16-15-35-38-33(30(2)3)19-26-46(38,47)28-27-43(35,44)7/h10-14,17,20,33,35-38H,2,9,15-16,18-19,21-29,47H2,1,3-8H3/t33-,35+,36?,37?,38?,42-,43+,44+,45-,46-/m0/s1.